The number of hydrogen-bond donors (Lipinski definition) is 2. The van der Waals surface area contributed by atoms with Gasteiger partial charge in [-0.1, -0.05) is 48.0 Å². The van der Waals surface area contributed by atoms with Crippen LogP contribution in [0.5, 0.6) is 6.01 Å². The van der Waals surface area contributed by atoms with E-state index in [0.29, 0.717) is 40.2 Å². The molecule has 2 saturated heterocycles. The Morgan fingerprint density at radius 3 is 2.42 bits per heavy atom. The molecule has 4 heterocycles. The summed E-state index contributed by atoms with van der Waals surface area (Å²) < 4.78 is 32.5. The zero-order valence-corrected chi connectivity index (χ0v) is 20.7. The molecule has 2 N–H and O–H groups in total. The molecule has 4 unspecified atom stereocenters. The van der Waals surface area contributed by atoms with E-state index >= 15 is 0 Å². The number of aromatic amines is 1. The second-order valence-electron chi connectivity index (χ2n) is 8.69. The Morgan fingerprint density at radius 1 is 1.03 bits per heavy atom. The lowest BCUT2D eigenvalue weighted by molar-refractivity contribution is 0.00706. The molecule has 9 nitrogen and oxygen atoms in total. The monoisotopic (exact) mass is 525 g/mol. The van der Waals surface area contributed by atoms with Crippen molar-refractivity contribution in [3.8, 4) is 28.4 Å². The lowest BCUT2D eigenvalue weighted by Crippen LogP contribution is -2.34. The van der Waals surface area contributed by atoms with Crippen molar-refractivity contribution in [2.45, 2.75) is 24.4 Å². The number of hydrogen-bond acceptors (Lipinski definition) is 9. The van der Waals surface area contributed by atoms with Crippen LogP contribution in [-0.2, 0) is 24.3 Å². The van der Waals surface area contributed by atoms with E-state index in [2.05, 4.69) is 19.3 Å². The molecule has 36 heavy (non-hydrogen) atoms. The predicted molar refractivity (Wildman–Crippen MR) is 136 cm³/mol. The Hall–Kier alpha value is -3.02. The van der Waals surface area contributed by atoms with Crippen LogP contribution in [0.3, 0.4) is 0 Å². The average molecular weight is 526 g/mol. The molecule has 0 aliphatic carbocycles. The van der Waals surface area contributed by atoms with E-state index in [-0.39, 0.29) is 24.9 Å². The molecule has 2 fully saturated rings. The molecule has 0 spiro atoms. The van der Waals surface area contributed by atoms with Crippen LogP contribution >= 0.6 is 11.6 Å². The number of fused-ring (bicyclic) bond motifs is 2. The number of imidazole rings is 1. The van der Waals surface area contributed by atoms with Crippen molar-refractivity contribution in [2.24, 2.45) is 4.36 Å². The molecule has 0 amide bonds. The lowest BCUT2D eigenvalue weighted by Gasteiger charge is -2.15. The summed E-state index contributed by atoms with van der Waals surface area (Å²) >= 11 is 6.57. The summed E-state index contributed by atoms with van der Waals surface area (Å²) in [5.74, 6) is 0. The van der Waals surface area contributed by atoms with Crippen molar-refractivity contribution in [1.29, 1.82) is 0 Å². The van der Waals surface area contributed by atoms with Crippen LogP contribution in [0.25, 0.3) is 33.5 Å². The van der Waals surface area contributed by atoms with Crippen molar-refractivity contribution in [2.75, 3.05) is 19.5 Å². The molecule has 11 heteroatoms. The van der Waals surface area contributed by atoms with Gasteiger partial charge in [0.1, 0.15) is 18.3 Å². The molecule has 6 rings (SSSR count). The molecule has 2 aliphatic heterocycles. The van der Waals surface area contributed by atoms with Crippen LogP contribution < -0.4 is 4.74 Å². The minimum absolute atomic E-state index is 0.233. The van der Waals surface area contributed by atoms with Crippen LogP contribution in [-0.4, -0.2) is 63.9 Å². The van der Waals surface area contributed by atoms with E-state index < -0.39 is 16.7 Å². The highest BCUT2D eigenvalue weighted by atomic mass is 35.5. The average Bonchev–Trinajstić information content (AvgIpc) is 3.55. The second-order valence-corrected chi connectivity index (χ2v) is 10.1. The molecule has 0 radical (unpaired) electrons. The van der Waals surface area contributed by atoms with Crippen LogP contribution in [0.15, 0.2) is 59.0 Å². The van der Waals surface area contributed by atoms with Crippen LogP contribution in [0.2, 0.25) is 5.02 Å². The zero-order valence-electron chi connectivity index (χ0n) is 19.1. The van der Waals surface area contributed by atoms with Crippen molar-refractivity contribution in [3.05, 3.63) is 59.6 Å². The second kappa shape index (κ2) is 9.45. The Balaban J connectivity index is 1.22. The highest BCUT2D eigenvalue weighted by molar-refractivity contribution is 7.74. The highest BCUT2D eigenvalue weighted by Gasteiger charge is 2.48. The number of benzene rings is 2. The summed E-state index contributed by atoms with van der Waals surface area (Å²) in [6.45, 7) is 0.543. The largest absolute Gasteiger partial charge is 0.456 e. The summed E-state index contributed by atoms with van der Waals surface area (Å²) in [6, 6.07) is 17.5. The quantitative estimate of drug-likeness (QED) is 0.374. The van der Waals surface area contributed by atoms with Gasteiger partial charge in [-0.15, -0.1) is 6.26 Å². The van der Waals surface area contributed by atoms with E-state index in [0.717, 1.165) is 16.7 Å². The number of aliphatic hydroxyl groups is 1. The summed E-state index contributed by atoms with van der Waals surface area (Å²) in [7, 11) is -1.24. The molecule has 186 valence electrons. The molecule has 2 aliphatic rings. The number of H-pyrrole nitrogens is 1. The van der Waals surface area contributed by atoms with Gasteiger partial charge in [0.25, 0.3) is 6.01 Å². The Bertz CT molecular complexity index is 1500. The van der Waals surface area contributed by atoms with Crippen molar-refractivity contribution in [3.63, 3.8) is 0 Å². The Morgan fingerprint density at radius 2 is 1.69 bits per heavy atom. The van der Waals surface area contributed by atoms with E-state index in [4.69, 9.17) is 25.8 Å². The topological polar surface area (TPSA) is 119 Å². The standard InChI is InChI=1S/C25H22ClN4O5S/c1-36(32)30-16-8-6-14(7-9-16)13-2-4-15(5-3-13)21-17(26)10-18-24(28-21)29-25(27-18)35-20-12-34-22-19(31)11-33-23(20)22/h2-10,19-20,22-23,31H,11-12H2,1H3,(H,27,28,29)/q-1. The number of nitrogens with zero attached hydrogens (tertiary/aromatic N) is 3. The van der Waals surface area contributed by atoms with Crippen molar-refractivity contribution in [1.82, 2.24) is 15.0 Å². The predicted octanol–water partition coefficient (Wildman–Crippen LogP) is 4.26. The summed E-state index contributed by atoms with van der Waals surface area (Å²) in [5, 5.41) is 10.4. The molecule has 4 aromatic rings. The smallest absolute Gasteiger partial charge is 0.296 e. The highest BCUT2D eigenvalue weighted by Crippen LogP contribution is 2.33. The molecule has 0 saturated carbocycles. The number of nitrogens with one attached hydrogen (secondary N) is 1. The lowest BCUT2D eigenvalue weighted by atomic mass is 10.0. The Kier molecular flexibility index (Phi) is 6.14. The fourth-order valence-corrected chi connectivity index (χ4v) is 5.21. The number of rotatable bonds is 5. The number of aliphatic hydroxyl groups excluding tert-OH is 1. The van der Waals surface area contributed by atoms with E-state index in [1.165, 1.54) is 6.26 Å². The van der Waals surface area contributed by atoms with Gasteiger partial charge >= 0.3 is 0 Å². The van der Waals surface area contributed by atoms with Gasteiger partial charge in [0.05, 0.1) is 29.4 Å². The zero-order chi connectivity index (χ0) is 24.8. The Labute approximate surface area is 213 Å². The van der Waals surface area contributed by atoms with E-state index in [9.17, 15) is 9.32 Å². The summed E-state index contributed by atoms with van der Waals surface area (Å²) in [5.41, 5.74) is 5.30. The third-order valence-electron chi connectivity index (χ3n) is 6.24. The molecule has 4 atom stereocenters. The maximum atomic E-state index is 11.3. The first-order valence-corrected chi connectivity index (χ1v) is 13.2. The van der Waals surface area contributed by atoms with Gasteiger partial charge in [-0.2, -0.15) is 15.6 Å². The molecular formula is C25H22ClN4O5S-. The summed E-state index contributed by atoms with van der Waals surface area (Å²) in [4.78, 5) is 12.2. The fraction of sp³-hybridized carbons (Fsp3) is 0.280. The normalized spacial score (nSPS) is 24.3. The maximum absolute atomic E-state index is 11.3. The molecule has 2 aromatic heterocycles. The van der Waals surface area contributed by atoms with Gasteiger partial charge in [0.15, 0.2) is 11.8 Å². The first kappa shape index (κ1) is 23.4. The van der Waals surface area contributed by atoms with Crippen LogP contribution in [0.1, 0.15) is 0 Å². The summed E-state index contributed by atoms with van der Waals surface area (Å²) in [6.07, 6.45) is -0.189. The van der Waals surface area contributed by atoms with E-state index in [1.807, 2.05) is 48.5 Å². The van der Waals surface area contributed by atoms with E-state index in [1.54, 1.807) is 6.07 Å². The minimum Gasteiger partial charge on any atom is -0.456 e. The molecule has 2 aromatic carbocycles. The third kappa shape index (κ3) is 4.46. The first-order valence-electron chi connectivity index (χ1n) is 11.3. The molecular weight excluding hydrogens is 504 g/mol. The van der Waals surface area contributed by atoms with Crippen molar-refractivity contribution >= 4 is 39.0 Å². The number of aromatic nitrogens is 3. The number of ether oxygens (including phenoxy) is 3. The SMILES string of the molecule is C[S-](=O)=Nc1ccc(-c2ccc(-c3nc4nc(OC5COC6C(O)COC56)[nH]c4cc3Cl)cc2)cc1. The fourth-order valence-electron chi connectivity index (χ4n) is 4.53. The third-order valence-corrected chi connectivity index (χ3v) is 7.00. The van der Waals surface area contributed by atoms with Gasteiger partial charge in [-0.3, -0.25) is 0 Å². The number of pyridine rings is 1. The van der Waals surface area contributed by atoms with Gasteiger partial charge in [0, 0.05) is 11.3 Å². The van der Waals surface area contributed by atoms with Crippen LogP contribution in [0.4, 0.5) is 5.69 Å². The van der Waals surface area contributed by atoms with Crippen molar-refractivity contribution < 1.29 is 23.5 Å². The van der Waals surface area contributed by atoms with Gasteiger partial charge in [-0.05, 0) is 29.3 Å². The van der Waals surface area contributed by atoms with Gasteiger partial charge in [-0.25, -0.2) is 4.98 Å². The van der Waals surface area contributed by atoms with Gasteiger partial charge < -0.3 is 32.9 Å². The number of halogens is 1. The van der Waals surface area contributed by atoms with Crippen LogP contribution in [0, 0.1) is 0 Å². The first-order chi connectivity index (χ1) is 17.4. The molecule has 0 bridgehead atoms. The maximum Gasteiger partial charge on any atom is 0.296 e. The minimum atomic E-state index is -1.24. The van der Waals surface area contributed by atoms with Gasteiger partial charge in [0.2, 0.25) is 0 Å².